The topological polar surface area (TPSA) is 128 Å². The van der Waals surface area contributed by atoms with Crippen LogP contribution in [0.5, 0.6) is 0 Å². The average molecular weight is 617 g/mol. The van der Waals surface area contributed by atoms with Gasteiger partial charge in [-0.15, -0.1) is 11.6 Å². The van der Waals surface area contributed by atoms with Crippen LogP contribution in [0.25, 0.3) is 0 Å². The molecule has 7 N–H and O–H groups in total. The number of rotatable bonds is 13. The van der Waals surface area contributed by atoms with E-state index in [0.29, 0.717) is 6.42 Å². The lowest BCUT2D eigenvalue weighted by molar-refractivity contribution is -0.123. The van der Waals surface area contributed by atoms with Crippen LogP contribution in [0.15, 0.2) is 54.4 Å². The summed E-state index contributed by atoms with van der Waals surface area (Å²) < 4.78 is 31.3. The highest BCUT2D eigenvalue weighted by atomic mass is 35.5. The average Bonchev–Trinajstić information content (AvgIpc) is 3.25. The van der Waals surface area contributed by atoms with Crippen molar-refractivity contribution in [3.8, 4) is 0 Å². The molecule has 1 saturated heterocycles. The van der Waals surface area contributed by atoms with Gasteiger partial charge < -0.3 is 31.7 Å². The summed E-state index contributed by atoms with van der Waals surface area (Å²) in [6.07, 6.45) is 8.07. The number of aliphatic hydroxyl groups is 3. The van der Waals surface area contributed by atoms with Crippen molar-refractivity contribution >= 4 is 29.1 Å². The van der Waals surface area contributed by atoms with Crippen molar-refractivity contribution in [3.05, 3.63) is 70.8 Å². The molecule has 7 nitrogen and oxygen atoms in total. The Morgan fingerprint density at radius 1 is 1.29 bits per heavy atom. The number of nitrogens with two attached hydrogens (primary N) is 1. The number of hydrogen-bond donors (Lipinski definition) is 6. The van der Waals surface area contributed by atoms with E-state index in [9.17, 15) is 15.0 Å². The number of hydrogen-bond acceptors (Lipinski definition) is 6. The number of halogens is 4. The van der Waals surface area contributed by atoms with Crippen molar-refractivity contribution in [2.75, 3.05) is 25.6 Å². The summed E-state index contributed by atoms with van der Waals surface area (Å²) in [7, 11) is 0. The van der Waals surface area contributed by atoms with Gasteiger partial charge >= 0.3 is 0 Å². The van der Waals surface area contributed by atoms with E-state index in [2.05, 4.69) is 17.2 Å². The molecule has 5 atom stereocenters. The van der Waals surface area contributed by atoms with E-state index in [1.807, 2.05) is 0 Å². The van der Waals surface area contributed by atoms with Crippen molar-refractivity contribution in [1.82, 2.24) is 10.6 Å². The van der Waals surface area contributed by atoms with E-state index in [1.54, 1.807) is 0 Å². The monoisotopic (exact) mass is 615 g/mol. The first-order valence-electron chi connectivity index (χ1n) is 14.0. The highest BCUT2D eigenvalue weighted by Crippen LogP contribution is 2.50. The van der Waals surface area contributed by atoms with Crippen LogP contribution in [-0.4, -0.2) is 65.1 Å². The molecule has 41 heavy (non-hydrogen) atoms. The second-order valence-corrected chi connectivity index (χ2v) is 11.9. The van der Waals surface area contributed by atoms with Crippen LogP contribution < -0.4 is 16.4 Å². The molecule has 2 aliphatic rings. The second-order valence-electron chi connectivity index (χ2n) is 11.2. The molecular formula is C30H41Cl2F2N3O4. The summed E-state index contributed by atoms with van der Waals surface area (Å²) >= 11 is 12.0. The zero-order valence-electron chi connectivity index (χ0n) is 23.1. The molecule has 1 aliphatic carbocycles. The Morgan fingerprint density at radius 2 is 2.00 bits per heavy atom. The van der Waals surface area contributed by atoms with Gasteiger partial charge in [-0.05, 0) is 48.8 Å². The van der Waals surface area contributed by atoms with Crippen molar-refractivity contribution < 1.29 is 28.9 Å². The number of alkyl halides is 1. The van der Waals surface area contributed by atoms with E-state index in [-0.39, 0.29) is 35.7 Å². The maximum atomic E-state index is 15.7. The number of allylic oxidation sites excluding steroid dienone is 4. The molecule has 228 valence electrons. The molecule has 1 saturated carbocycles. The zero-order valence-corrected chi connectivity index (χ0v) is 24.6. The molecule has 0 spiro atoms. The molecule has 1 amide bonds. The van der Waals surface area contributed by atoms with Gasteiger partial charge in [-0.3, -0.25) is 4.79 Å². The molecule has 0 aromatic heterocycles. The molecule has 2 fully saturated rings. The van der Waals surface area contributed by atoms with Crippen LogP contribution in [0.3, 0.4) is 0 Å². The van der Waals surface area contributed by atoms with Crippen LogP contribution in [0.2, 0.25) is 5.02 Å². The van der Waals surface area contributed by atoms with E-state index >= 15 is 8.78 Å². The first-order valence-corrected chi connectivity index (χ1v) is 14.9. The van der Waals surface area contributed by atoms with E-state index in [1.165, 1.54) is 30.4 Å². The zero-order chi connectivity index (χ0) is 30.2. The Kier molecular flexibility index (Phi) is 12.4. The molecule has 0 unspecified atom stereocenters. The predicted octanol–water partition coefficient (Wildman–Crippen LogP) is 3.99. The van der Waals surface area contributed by atoms with Crippen LogP contribution in [0, 0.1) is 17.2 Å². The lowest BCUT2D eigenvalue weighted by atomic mass is 9.64. The maximum Gasteiger partial charge on any atom is 0.237 e. The summed E-state index contributed by atoms with van der Waals surface area (Å²) in [5.74, 6) is -3.62. The van der Waals surface area contributed by atoms with Gasteiger partial charge in [-0.25, -0.2) is 8.78 Å². The third kappa shape index (κ3) is 7.57. The predicted molar refractivity (Wildman–Crippen MR) is 158 cm³/mol. The van der Waals surface area contributed by atoms with Gasteiger partial charge in [0.15, 0.2) is 0 Å². The van der Waals surface area contributed by atoms with Gasteiger partial charge in [-0.2, -0.15) is 0 Å². The normalized spacial score (nSPS) is 27.5. The molecule has 1 aromatic carbocycles. The highest BCUT2D eigenvalue weighted by molar-refractivity contribution is 6.30. The van der Waals surface area contributed by atoms with Crippen LogP contribution in [-0.2, 0) is 10.3 Å². The number of carbonyl (C=O) groups is 1. The lowest BCUT2D eigenvalue weighted by Crippen LogP contribution is -2.54. The molecule has 0 bridgehead atoms. The molecule has 11 heteroatoms. The van der Waals surface area contributed by atoms with Gasteiger partial charge in [0.25, 0.3) is 0 Å². The third-order valence-corrected chi connectivity index (χ3v) is 9.01. The lowest BCUT2D eigenvalue weighted by Gasteiger charge is -2.43. The van der Waals surface area contributed by atoms with Gasteiger partial charge in [0.2, 0.25) is 5.91 Å². The number of amides is 1. The fourth-order valence-corrected chi connectivity index (χ4v) is 6.68. The summed E-state index contributed by atoms with van der Waals surface area (Å²) in [4.78, 5) is 13.7. The number of nitrogens with one attached hydrogen (secondary N) is 2. The van der Waals surface area contributed by atoms with Gasteiger partial charge in [0.1, 0.15) is 11.6 Å². The minimum Gasteiger partial charge on any atom is -0.396 e. The Morgan fingerprint density at radius 3 is 2.59 bits per heavy atom. The van der Waals surface area contributed by atoms with E-state index < -0.39 is 65.1 Å². The van der Waals surface area contributed by atoms with Gasteiger partial charge in [-0.1, -0.05) is 61.7 Å². The van der Waals surface area contributed by atoms with Crippen molar-refractivity contribution in [2.45, 2.75) is 68.7 Å². The Bertz CT molecular complexity index is 1130. The summed E-state index contributed by atoms with van der Waals surface area (Å²) in [5.41, 5.74) is 5.13. The molecular weight excluding hydrogens is 575 g/mol. The minimum atomic E-state index is -1.68. The molecule has 1 aliphatic heterocycles. The first kappa shape index (κ1) is 33.6. The van der Waals surface area contributed by atoms with Crippen LogP contribution >= 0.6 is 23.2 Å². The molecule has 3 rings (SSSR count). The van der Waals surface area contributed by atoms with Crippen molar-refractivity contribution in [2.24, 2.45) is 17.1 Å². The quantitative estimate of drug-likeness (QED) is 0.147. The standard InChI is InChI=1S/C30H41Cl2F2N3O4/c1-2-3-7-21(24(34)16-31)26-27(28(41)36-13-10-20(40)17-38)37-25(15-29(18-39)11-5-4-6-12-29)30(26,35)22-9-8-19(32)14-23(22)33/h2-3,7-9,14,20,25-27,37-40H,1,4-6,10-13,15-18,35H2,(H,36,41)/b7-3-,24-21-/t20-,25-,26-,27+,30+/m0/s1. The van der Waals surface area contributed by atoms with Crippen LogP contribution in [0.4, 0.5) is 8.78 Å². The van der Waals surface area contributed by atoms with Gasteiger partial charge in [0, 0.05) is 35.7 Å². The summed E-state index contributed by atoms with van der Waals surface area (Å²) in [6.45, 7) is 3.11. The first-order chi connectivity index (χ1) is 19.6. The Hall–Kier alpha value is -1.85. The molecule has 0 radical (unpaired) electrons. The van der Waals surface area contributed by atoms with E-state index in [0.717, 1.165) is 38.2 Å². The molecule has 1 heterocycles. The minimum absolute atomic E-state index is 0.0176. The Balaban J connectivity index is 2.21. The smallest absolute Gasteiger partial charge is 0.237 e. The fraction of sp³-hybridized carbons (Fsp3) is 0.567. The fourth-order valence-electron chi connectivity index (χ4n) is 6.37. The Labute approximate surface area is 250 Å². The van der Waals surface area contributed by atoms with Crippen LogP contribution in [0.1, 0.15) is 50.5 Å². The SMILES string of the molecule is C=C/C=C\C(=C(\F)CCl)[C@H]1[C@H](C(=O)NCC[C@H](O)CO)N[C@@H](CC2(CO)CCCCC2)[C@]1(N)c1ccc(Cl)cc1F. The second kappa shape index (κ2) is 15.0. The van der Waals surface area contributed by atoms with Gasteiger partial charge in [0.05, 0.1) is 30.2 Å². The van der Waals surface area contributed by atoms with Crippen molar-refractivity contribution in [1.29, 1.82) is 0 Å². The number of carbonyl (C=O) groups excluding carboxylic acids is 1. The molecule has 1 aromatic rings. The van der Waals surface area contributed by atoms with Crippen molar-refractivity contribution in [3.63, 3.8) is 0 Å². The largest absolute Gasteiger partial charge is 0.396 e. The highest BCUT2D eigenvalue weighted by Gasteiger charge is 2.59. The number of aliphatic hydroxyl groups excluding tert-OH is 3. The van der Waals surface area contributed by atoms with E-state index in [4.69, 9.17) is 34.0 Å². The maximum absolute atomic E-state index is 15.7. The summed E-state index contributed by atoms with van der Waals surface area (Å²) in [6, 6.07) is 2.19. The third-order valence-electron chi connectivity index (χ3n) is 8.54. The number of benzene rings is 1. The summed E-state index contributed by atoms with van der Waals surface area (Å²) in [5, 5.41) is 35.6.